The molecule has 0 fully saturated rings. The highest BCUT2D eigenvalue weighted by Crippen LogP contribution is 2.33. The van der Waals surface area contributed by atoms with Crippen LogP contribution in [-0.2, 0) is 11.0 Å². The van der Waals surface area contributed by atoms with Crippen LogP contribution in [0.25, 0.3) is 0 Å². The number of thioether (sulfide) groups is 1. The molecule has 104 valence electrons. The van der Waals surface area contributed by atoms with Gasteiger partial charge in [0.1, 0.15) is 5.25 Å². The highest BCUT2D eigenvalue weighted by atomic mass is 32.2. The molecule has 1 rings (SSSR count). The molecule has 0 heterocycles. The lowest BCUT2D eigenvalue weighted by Crippen LogP contribution is -2.12. The molecule has 0 aliphatic rings. The SMILES string of the molecule is CC(=O)S[C@@H](C[N+](=O)[O-])c1ccc(C(F)(F)F)cc1. The Bertz CT molecular complexity index is 457. The van der Waals surface area contributed by atoms with Gasteiger partial charge in [0.05, 0.1) is 5.56 Å². The van der Waals surface area contributed by atoms with Crippen molar-refractivity contribution < 1.29 is 22.9 Å². The zero-order valence-corrected chi connectivity index (χ0v) is 10.6. The quantitative estimate of drug-likeness (QED) is 0.631. The Kier molecular flexibility index (Phi) is 4.93. The lowest BCUT2D eigenvalue weighted by Gasteiger charge is -2.12. The smallest absolute Gasteiger partial charge is 0.288 e. The second kappa shape index (κ2) is 6.05. The highest BCUT2D eigenvalue weighted by Gasteiger charge is 2.30. The molecule has 0 spiro atoms. The molecule has 19 heavy (non-hydrogen) atoms. The Morgan fingerprint density at radius 2 is 1.89 bits per heavy atom. The van der Waals surface area contributed by atoms with Crippen molar-refractivity contribution in [2.75, 3.05) is 6.54 Å². The summed E-state index contributed by atoms with van der Waals surface area (Å²) in [6.45, 7) is 0.733. The lowest BCUT2D eigenvalue weighted by molar-refractivity contribution is -0.479. The van der Waals surface area contributed by atoms with Gasteiger partial charge in [-0.3, -0.25) is 14.9 Å². The molecule has 1 aromatic carbocycles. The van der Waals surface area contributed by atoms with Crippen LogP contribution in [0.15, 0.2) is 24.3 Å². The maximum atomic E-state index is 12.4. The Labute approximate surface area is 111 Å². The van der Waals surface area contributed by atoms with Crippen LogP contribution in [0.5, 0.6) is 0 Å². The Balaban J connectivity index is 2.96. The van der Waals surface area contributed by atoms with Crippen molar-refractivity contribution in [3.8, 4) is 0 Å². The van der Waals surface area contributed by atoms with Gasteiger partial charge in [0, 0.05) is 11.8 Å². The van der Waals surface area contributed by atoms with Crippen LogP contribution in [0.3, 0.4) is 0 Å². The number of halogens is 3. The Morgan fingerprint density at radius 3 is 2.26 bits per heavy atom. The molecule has 1 atom stereocenters. The first-order valence-corrected chi connectivity index (χ1v) is 6.04. The van der Waals surface area contributed by atoms with E-state index in [0.717, 1.165) is 36.0 Å². The number of hydrogen-bond acceptors (Lipinski definition) is 4. The summed E-state index contributed by atoms with van der Waals surface area (Å²) in [5.74, 6) is 0. The number of nitrogens with zero attached hydrogens (tertiary/aromatic N) is 1. The third-order valence-electron chi connectivity index (χ3n) is 2.23. The molecular weight excluding hydrogens is 283 g/mol. The van der Waals surface area contributed by atoms with E-state index in [1.54, 1.807) is 0 Å². The molecule has 0 radical (unpaired) electrons. The topological polar surface area (TPSA) is 60.2 Å². The Hall–Kier alpha value is -1.57. The van der Waals surface area contributed by atoms with E-state index in [-0.39, 0.29) is 5.12 Å². The molecule has 0 bridgehead atoms. The average molecular weight is 293 g/mol. The van der Waals surface area contributed by atoms with Gasteiger partial charge in [-0.05, 0) is 17.7 Å². The van der Waals surface area contributed by atoms with E-state index in [1.807, 2.05) is 0 Å². The van der Waals surface area contributed by atoms with Gasteiger partial charge in [0.25, 0.3) is 0 Å². The number of rotatable bonds is 4. The maximum Gasteiger partial charge on any atom is 0.416 e. The summed E-state index contributed by atoms with van der Waals surface area (Å²) in [5, 5.41) is 9.38. The van der Waals surface area contributed by atoms with Crippen molar-refractivity contribution in [1.82, 2.24) is 0 Å². The van der Waals surface area contributed by atoms with Gasteiger partial charge in [-0.15, -0.1) is 0 Å². The zero-order chi connectivity index (χ0) is 14.6. The van der Waals surface area contributed by atoms with Crippen LogP contribution in [0, 0.1) is 10.1 Å². The van der Waals surface area contributed by atoms with Crippen LogP contribution in [0.4, 0.5) is 13.2 Å². The molecule has 0 unspecified atom stereocenters. The van der Waals surface area contributed by atoms with Crippen LogP contribution in [-0.4, -0.2) is 16.6 Å². The van der Waals surface area contributed by atoms with E-state index in [0.29, 0.717) is 5.56 Å². The van der Waals surface area contributed by atoms with Crippen LogP contribution in [0.1, 0.15) is 23.3 Å². The largest absolute Gasteiger partial charge is 0.416 e. The fourth-order valence-corrected chi connectivity index (χ4v) is 2.32. The highest BCUT2D eigenvalue weighted by molar-refractivity contribution is 8.13. The summed E-state index contributed by atoms with van der Waals surface area (Å²) >= 11 is 0.733. The molecule has 4 nitrogen and oxygen atoms in total. The molecular formula is C11H10F3NO3S. The molecule has 8 heteroatoms. The van der Waals surface area contributed by atoms with Crippen molar-refractivity contribution in [2.24, 2.45) is 0 Å². The fourth-order valence-electron chi connectivity index (χ4n) is 1.43. The van der Waals surface area contributed by atoms with E-state index in [2.05, 4.69) is 0 Å². The third kappa shape index (κ3) is 4.90. The molecule has 0 saturated carbocycles. The predicted molar refractivity (Wildman–Crippen MR) is 64.3 cm³/mol. The van der Waals surface area contributed by atoms with Crippen molar-refractivity contribution in [2.45, 2.75) is 18.3 Å². The van der Waals surface area contributed by atoms with Gasteiger partial charge in [-0.25, -0.2) is 0 Å². The van der Waals surface area contributed by atoms with E-state index in [4.69, 9.17) is 0 Å². The number of alkyl halides is 3. The average Bonchev–Trinajstić information content (AvgIpc) is 2.26. The monoisotopic (exact) mass is 293 g/mol. The number of carbonyl (C=O) groups excluding carboxylic acids is 1. The predicted octanol–water partition coefficient (Wildman–Crippen LogP) is 3.30. The van der Waals surface area contributed by atoms with E-state index >= 15 is 0 Å². The second-order valence-electron chi connectivity index (χ2n) is 3.73. The number of benzene rings is 1. The number of nitro groups is 1. The van der Waals surface area contributed by atoms with Crippen molar-refractivity contribution in [1.29, 1.82) is 0 Å². The van der Waals surface area contributed by atoms with Gasteiger partial charge in [-0.2, -0.15) is 13.2 Å². The fraction of sp³-hybridized carbons (Fsp3) is 0.364. The normalized spacial score (nSPS) is 13.1. The van der Waals surface area contributed by atoms with E-state index in [9.17, 15) is 28.1 Å². The van der Waals surface area contributed by atoms with E-state index < -0.39 is 28.5 Å². The van der Waals surface area contributed by atoms with Gasteiger partial charge in [-0.1, -0.05) is 23.9 Å². The minimum Gasteiger partial charge on any atom is -0.288 e. The number of hydrogen-bond donors (Lipinski definition) is 0. The van der Waals surface area contributed by atoms with Gasteiger partial charge >= 0.3 is 6.18 Å². The summed E-state index contributed by atoms with van der Waals surface area (Å²) in [6.07, 6.45) is -4.45. The molecule has 0 N–H and O–H groups in total. The zero-order valence-electron chi connectivity index (χ0n) is 9.81. The van der Waals surface area contributed by atoms with Crippen LogP contribution >= 0.6 is 11.8 Å². The molecule has 0 aliphatic carbocycles. The first kappa shape index (κ1) is 15.5. The van der Waals surface area contributed by atoms with Crippen LogP contribution < -0.4 is 0 Å². The minimum absolute atomic E-state index is 0.324. The van der Waals surface area contributed by atoms with Gasteiger partial charge in [0.15, 0.2) is 5.12 Å². The van der Waals surface area contributed by atoms with Crippen molar-refractivity contribution in [3.05, 3.63) is 45.5 Å². The van der Waals surface area contributed by atoms with Crippen molar-refractivity contribution in [3.63, 3.8) is 0 Å². The summed E-state index contributed by atoms with van der Waals surface area (Å²) in [5.41, 5.74) is -0.506. The van der Waals surface area contributed by atoms with E-state index in [1.165, 1.54) is 6.92 Å². The lowest BCUT2D eigenvalue weighted by atomic mass is 10.1. The van der Waals surface area contributed by atoms with Crippen molar-refractivity contribution >= 4 is 16.9 Å². The van der Waals surface area contributed by atoms with Gasteiger partial charge < -0.3 is 0 Å². The van der Waals surface area contributed by atoms with Crippen LogP contribution in [0.2, 0.25) is 0 Å². The molecule has 0 aromatic heterocycles. The second-order valence-corrected chi connectivity index (χ2v) is 5.11. The summed E-state index contributed by atoms with van der Waals surface area (Å²) in [7, 11) is 0. The first-order valence-electron chi connectivity index (χ1n) is 5.16. The maximum absolute atomic E-state index is 12.4. The standard InChI is InChI=1S/C11H10F3NO3S/c1-7(16)19-10(6-15(17)18)8-2-4-9(5-3-8)11(12,13)14/h2-5,10H,6H2,1H3/t10-/m0/s1. The molecule has 1 aromatic rings. The summed E-state index contributed by atoms with van der Waals surface area (Å²) < 4.78 is 37.1. The Morgan fingerprint density at radius 1 is 1.37 bits per heavy atom. The molecule has 0 amide bonds. The summed E-state index contributed by atoms with van der Waals surface area (Å²) in [4.78, 5) is 20.9. The molecule has 0 saturated heterocycles. The first-order chi connectivity index (χ1) is 8.70. The third-order valence-corrected chi connectivity index (χ3v) is 3.27. The molecule has 0 aliphatic heterocycles. The van der Waals surface area contributed by atoms with Gasteiger partial charge in [0.2, 0.25) is 6.54 Å². The minimum atomic E-state index is -4.45. The number of carbonyl (C=O) groups is 1. The summed E-state index contributed by atoms with van der Waals surface area (Å²) in [6, 6.07) is 4.02.